The van der Waals surface area contributed by atoms with Crippen molar-refractivity contribution in [3.63, 3.8) is 0 Å². The number of carbonyl (C=O) groups is 3. The van der Waals surface area contributed by atoms with Crippen LogP contribution in [0.4, 0.5) is 4.79 Å². The first kappa shape index (κ1) is 22.6. The fourth-order valence-corrected chi connectivity index (χ4v) is 5.42. The normalized spacial score (nSPS) is 25.9. The Morgan fingerprint density at radius 3 is 2.79 bits per heavy atom. The van der Waals surface area contributed by atoms with E-state index in [1.807, 2.05) is 24.3 Å². The largest absolute Gasteiger partial charge is 0.466 e. The zero-order valence-electron chi connectivity index (χ0n) is 18.6. The smallest absolute Gasteiger partial charge is 0.327 e. The van der Waals surface area contributed by atoms with E-state index >= 15 is 0 Å². The van der Waals surface area contributed by atoms with Crippen molar-refractivity contribution in [1.82, 2.24) is 25.8 Å². The molecule has 0 bridgehead atoms. The van der Waals surface area contributed by atoms with Crippen molar-refractivity contribution in [1.29, 1.82) is 0 Å². The van der Waals surface area contributed by atoms with Gasteiger partial charge < -0.3 is 24.1 Å². The number of rotatable bonds is 6. The van der Waals surface area contributed by atoms with E-state index in [1.54, 1.807) is 19.4 Å². The highest BCUT2D eigenvalue weighted by molar-refractivity contribution is 8.00. The first-order valence-electron chi connectivity index (χ1n) is 10.8. The van der Waals surface area contributed by atoms with Crippen LogP contribution in [0.2, 0.25) is 0 Å². The number of nitrogens with zero attached hydrogens (tertiary/aromatic N) is 2. The second kappa shape index (κ2) is 9.20. The van der Waals surface area contributed by atoms with Crippen molar-refractivity contribution in [2.45, 2.75) is 24.3 Å². The Morgan fingerprint density at radius 1 is 1.18 bits per heavy atom. The molecule has 0 saturated carbocycles. The number of imide groups is 1. The van der Waals surface area contributed by atoms with E-state index < -0.39 is 23.6 Å². The molecule has 4 unspecified atom stereocenters. The number of benzene rings is 1. The number of furan rings is 1. The number of urea groups is 1. The molecule has 4 atom stereocenters. The summed E-state index contributed by atoms with van der Waals surface area (Å²) in [7, 11) is 3.12. The van der Waals surface area contributed by atoms with Crippen molar-refractivity contribution in [2.24, 2.45) is 5.92 Å². The molecular formula is C22H25N5O6S. The lowest BCUT2D eigenvalue weighted by Gasteiger charge is -2.49. The standard InChI is InChI=1S/C22H25N5O6S/c1-26-19-17(21(29)27(2)22(26)30)20(25-18(24-19)14-4-3-7-31-14)34-10-16(28)23-9-12-5-6-13-15(8-12)33-11-32-13/h3-8,17-20,24-25H,9-11H2,1-2H3,(H,23,28). The van der Waals surface area contributed by atoms with Crippen LogP contribution in [0, 0.1) is 5.92 Å². The summed E-state index contributed by atoms with van der Waals surface area (Å²) in [6.45, 7) is 0.538. The Hall–Kier alpha value is -3.22. The summed E-state index contributed by atoms with van der Waals surface area (Å²) in [5.74, 6) is 1.06. The molecule has 3 aliphatic heterocycles. The van der Waals surface area contributed by atoms with Gasteiger partial charge in [-0.2, -0.15) is 0 Å². The van der Waals surface area contributed by atoms with Crippen LogP contribution >= 0.6 is 11.8 Å². The quantitative estimate of drug-likeness (QED) is 0.548. The number of fused-ring (bicyclic) bond motifs is 2. The maximum absolute atomic E-state index is 13.0. The van der Waals surface area contributed by atoms with Gasteiger partial charge in [0.25, 0.3) is 0 Å². The zero-order chi connectivity index (χ0) is 23.8. The van der Waals surface area contributed by atoms with Gasteiger partial charge in [-0.05, 0) is 29.8 Å². The van der Waals surface area contributed by atoms with E-state index in [0.717, 1.165) is 10.5 Å². The molecular weight excluding hydrogens is 462 g/mol. The van der Waals surface area contributed by atoms with Gasteiger partial charge in [0, 0.05) is 20.6 Å². The van der Waals surface area contributed by atoms with Gasteiger partial charge in [-0.1, -0.05) is 6.07 Å². The summed E-state index contributed by atoms with van der Waals surface area (Å²) in [6, 6.07) is 8.72. The third kappa shape index (κ3) is 4.19. The maximum Gasteiger partial charge on any atom is 0.327 e. The minimum atomic E-state index is -0.578. The van der Waals surface area contributed by atoms with Crippen LogP contribution in [-0.4, -0.2) is 65.8 Å². The Kier molecular flexibility index (Phi) is 6.11. The fourth-order valence-electron chi connectivity index (χ4n) is 4.29. The fraction of sp³-hybridized carbons (Fsp3) is 0.409. The van der Waals surface area contributed by atoms with E-state index in [1.165, 1.54) is 23.7 Å². The average Bonchev–Trinajstić information content (AvgIpc) is 3.55. The minimum absolute atomic E-state index is 0.130. The molecule has 1 aromatic heterocycles. The first-order chi connectivity index (χ1) is 16.4. The summed E-state index contributed by atoms with van der Waals surface area (Å²) in [5.41, 5.74) is 0.893. The van der Waals surface area contributed by atoms with Crippen molar-refractivity contribution in [3.8, 4) is 11.5 Å². The van der Waals surface area contributed by atoms with E-state index in [4.69, 9.17) is 13.9 Å². The molecule has 34 heavy (non-hydrogen) atoms. The van der Waals surface area contributed by atoms with Gasteiger partial charge in [0.15, 0.2) is 11.5 Å². The van der Waals surface area contributed by atoms with Crippen molar-refractivity contribution in [2.75, 3.05) is 26.6 Å². The summed E-state index contributed by atoms with van der Waals surface area (Å²) in [5, 5.41) is 9.12. The molecule has 0 spiro atoms. The lowest BCUT2D eigenvalue weighted by atomic mass is 9.97. The number of carbonyl (C=O) groups excluding carboxylic acids is 3. The molecule has 2 saturated heterocycles. The third-order valence-corrected chi connectivity index (χ3v) is 7.32. The second-order valence-electron chi connectivity index (χ2n) is 8.24. The van der Waals surface area contributed by atoms with Crippen LogP contribution in [0.25, 0.3) is 0 Å². The number of ether oxygens (including phenoxy) is 2. The molecule has 12 heteroatoms. The van der Waals surface area contributed by atoms with Crippen LogP contribution < -0.4 is 25.4 Å². The molecule has 180 valence electrons. The number of hydrogen-bond donors (Lipinski definition) is 3. The van der Waals surface area contributed by atoms with Gasteiger partial charge >= 0.3 is 6.03 Å². The molecule has 2 aromatic rings. The molecule has 3 N–H and O–H groups in total. The Balaban J connectivity index is 1.25. The highest BCUT2D eigenvalue weighted by Gasteiger charge is 2.51. The highest BCUT2D eigenvalue weighted by Crippen LogP contribution is 2.35. The second-order valence-corrected chi connectivity index (χ2v) is 9.37. The predicted octanol–water partition coefficient (Wildman–Crippen LogP) is 1.04. The Labute approximate surface area is 200 Å². The lowest BCUT2D eigenvalue weighted by molar-refractivity contribution is -0.140. The van der Waals surface area contributed by atoms with Gasteiger partial charge in [-0.15, -0.1) is 11.8 Å². The van der Waals surface area contributed by atoms with E-state index in [0.29, 0.717) is 23.8 Å². The summed E-state index contributed by atoms with van der Waals surface area (Å²) < 4.78 is 16.2. The van der Waals surface area contributed by atoms with Gasteiger partial charge in [0.05, 0.1) is 29.5 Å². The zero-order valence-corrected chi connectivity index (χ0v) is 19.5. The molecule has 0 radical (unpaired) electrons. The molecule has 11 nitrogen and oxygen atoms in total. The maximum atomic E-state index is 13.0. The Bertz CT molecular complexity index is 1100. The van der Waals surface area contributed by atoms with E-state index in [-0.39, 0.29) is 30.4 Å². The topological polar surface area (TPSA) is 125 Å². The van der Waals surface area contributed by atoms with Gasteiger partial charge in [-0.3, -0.25) is 25.1 Å². The summed E-state index contributed by atoms with van der Waals surface area (Å²) in [4.78, 5) is 40.8. The van der Waals surface area contributed by atoms with Crippen LogP contribution in [0.5, 0.6) is 11.5 Å². The minimum Gasteiger partial charge on any atom is -0.466 e. The van der Waals surface area contributed by atoms with Crippen molar-refractivity contribution in [3.05, 3.63) is 47.9 Å². The van der Waals surface area contributed by atoms with Crippen LogP contribution in [0.3, 0.4) is 0 Å². The average molecular weight is 488 g/mol. The van der Waals surface area contributed by atoms with Crippen LogP contribution in [-0.2, 0) is 16.1 Å². The number of nitrogens with one attached hydrogen (secondary N) is 3. The van der Waals surface area contributed by atoms with Crippen molar-refractivity contribution < 1.29 is 28.3 Å². The third-order valence-electron chi connectivity index (χ3n) is 6.10. The number of amides is 4. The monoisotopic (exact) mass is 487 g/mol. The summed E-state index contributed by atoms with van der Waals surface area (Å²) in [6.07, 6.45) is 0.601. The van der Waals surface area contributed by atoms with Gasteiger partial charge in [-0.25, -0.2) is 4.79 Å². The SMILES string of the molecule is CN1C(=O)C2C(SCC(=O)NCc3ccc4c(c3)OCO4)NC(c3ccco3)NC2N(C)C1=O. The van der Waals surface area contributed by atoms with Crippen molar-refractivity contribution >= 4 is 29.6 Å². The van der Waals surface area contributed by atoms with Gasteiger partial charge in [0.2, 0.25) is 18.6 Å². The predicted molar refractivity (Wildman–Crippen MR) is 122 cm³/mol. The molecule has 4 amide bonds. The molecule has 0 aliphatic carbocycles. The highest BCUT2D eigenvalue weighted by atomic mass is 32.2. The molecule has 5 rings (SSSR count). The number of thioether (sulfide) groups is 1. The van der Waals surface area contributed by atoms with Gasteiger partial charge in [0.1, 0.15) is 11.9 Å². The first-order valence-corrected chi connectivity index (χ1v) is 11.8. The summed E-state index contributed by atoms with van der Waals surface area (Å²) >= 11 is 1.32. The molecule has 3 aliphatic rings. The van der Waals surface area contributed by atoms with Crippen LogP contribution in [0.1, 0.15) is 17.5 Å². The van der Waals surface area contributed by atoms with Crippen LogP contribution in [0.15, 0.2) is 41.0 Å². The molecule has 4 heterocycles. The van der Waals surface area contributed by atoms with E-state index in [9.17, 15) is 14.4 Å². The molecule has 1 aromatic carbocycles. The van der Waals surface area contributed by atoms with E-state index in [2.05, 4.69) is 16.0 Å². The molecule has 2 fully saturated rings. The number of hydrogen-bond acceptors (Lipinski definition) is 9. The lowest BCUT2D eigenvalue weighted by Crippen LogP contribution is -2.72. The Morgan fingerprint density at radius 2 is 2.00 bits per heavy atom.